The fraction of sp³-hybridized carbons (Fsp3) is 0.400. The van der Waals surface area contributed by atoms with E-state index in [1.807, 2.05) is 0 Å². The van der Waals surface area contributed by atoms with E-state index in [4.69, 9.17) is 4.74 Å². The van der Waals surface area contributed by atoms with Crippen LogP contribution in [0.2, 0.25) is 0 Å². The maximum absolute atomic E-state index is 11.5. The van der Waals surface area contributed by atoms with Crippen LogP contribution in [0, 0.1) is 0 Å². The number of ether oxygens (including phenoxy) is 1. The van der Waals surface area contributed by atoms with Gasteiger partial charge in [-0.05, 0) is 25.4 Å². The Labute approximate surface area is 97.8 Å². The van der Waals surface area contributed by atoms with Crippen molar-refractivity contribution in [1.29, 1.82) is 0 Å². The molecule has 0 saturated carbocycles. The van der Waals surface area contributed by atoms with E-state index < -0.39 is 5.97 Å². The minimum Gasteiger partial charge on any atom is -0.462 e. The van der Waals surface area contributed by atoms with Crippen molar-refractivity contribution >= 4 is 28.2 Å². The number of rotatable bonds is 5. The molecule has 1 aromatic heterocycles. The van der Waals surface area contributed by atoms with Crippen LogP contribution in [0.15, 0.2) is 11.4 Å². The quantitative estimate of drug-likeness (QED) is 0.758. The molecule has 88 valence electrons. The van der Waals surface area contributed by atoms with Gasteiger partial charge in [-0.2, -0.15) is 0 Å². The second-order valence-electron chi connectivity index (χ2n) is 2.96. The molecule has 1 heterocycles. The van der Waals surface area contributed by atoms with Crippen molar-refractivity contribution in [3.63, 3.8) is 0 Å². The van der Waals surface area contributed by atoms with Crippen molar-refractivity contribution in [3.05, 3.63) is 17.0 Å². The minimum absolute atomic E-state index is 0.185. The van der Waals surface area contributed by atoms with Gasteiger partial charge < -0.3 is 15.4 Å². The molecule has 0 spiro atoms. The third kappa shape index (κ3) is 3.32. The number of esters is 1. The van der Waals surface area contributed by atoms with E-state index in [2.05, 4.69) is 10.6 Å². The molecule has 0 unspecified atom stereocenters. The molecule has 0 aliphatic heterocycles. The molecule has 0 aliphatic rings. The summed E-state index contributed by atoms with van der Waals surface area (Å²) in [5, 5.41) is 7.64. The third-order valence-corrected chi connectivity index (χ3v) is 2.58. The first kappa shape index (κ1) is 12.7. The predicted octanol–water partition coefficient (Wildman–Crippen LogP) is 1.08. The van der Waals surface area contributed by atoms with E-state index in [1.165, 1.54) is 11.3 Å². The van der Waals surface area contributed by atoms with Crippen molar-refractivity contribution in [1.82, 2.24) is 5.32 Å². The van der Waals surface area contributed by atoms with Gasteiger partial charge >= 0.3 is 5.97 Å². The lowest BCUT2D eigenvalue weighted by atomic mass is 10.3. The number of hydrogen-bond acceptors (Lipinski definition) is 5. The molecule has 2 N–H and O–H groups in total. The predicted molar refractivity (Wildman–Crippen MR) is 62.8 cm³/mol. The van der Waals surface area contributed by atoms with E-state index in [0.717, 1.165) is 0 Å². The standard InChI is InChI=1S/C10H14N2O3S/c1-3-15-10(14)7-4-5-16-9(7)12-8(13)6-11-2/h4-5,11H,3,6H2,1-2H3,(H,12,13). The monoisotopic (exact) mass is 242 g/mol. The molecule has 0 radical (unpaired) electrons. The summed E-state index contributed by atoms with van der Waals surface area (Å²) < 4.78 is 4.87. The summed E-state index contributed by atoms with van der Waals surface area (Å²) in [7, 11) is 1.68. The Morgan fingerprint density at radius 1 is 1.50 bits per heavy atom. The molecule has 16 heavy (non-hydrogen) atoms. The fourth-order valence-corrected chi connectivity index (χ4v) is 1.90. The van der Waals surface area contributed by atoms with Gasteiger partial charge in [0.15, 0.2) is 0 Å². The average molecular weight is 242 g/mol. The van der Waals surface area contributed by atoms with Gasteiger partial charge in [-0.3, -0.25) is 4.79 Å². The van der Waals surface area contributed by atoms with Crippen molar-refractivity contribution < 1.29 is 14.3 Å². The molecule has 0 atom stereocenters. The SMILES string of the molecule is CCOC(=O)c1ccsc1NC(=O)CNC. The summed E-state index contributed by atoms with van der Waals surface area (Å²) in [6.07, 6.45) is 0. The van der Waals surface area contributed by atoms with Crippen molar-refractivity contribution in [2.24, 2.45) is 0 Å². The van der Waals surface area contributed by atoms with E-state index >= 15 is 0 Å². The molecule has 1 rings (SSSR count). The number of likely N-dealkylation sites (N-methyl/N-ethyl adjacent to an activating group) is 1. The second-order valence-corrected chi connectivity index (χ2v) is 3.88. The first-order valence-electron chi connectivity index (χ1n) is 4.88. The number of nitrogens with one attached hydrogen (secondary N) is 2. The van der Waals surface area contributed by atoms with Crippen LogP contribution in [-0.4, -0.2) is 32.1 Å². The van der Waals surface area contributed by atoms with Crippen LogP contribution in [0.4, 0.5) is 5.00 Å². The normalized spacial score (nSPS) is 9.88. The van der Waals surface area contributed by atoms with Gasteiger partial charge in [0.2, 0.25) is 5.91 Å². The van der Waals surface area contributed by atoms with Gasteiger partial charge in [0.1, 0.15) is 5.00 Å². The summed E-state index contributed by atoms with van der Waals surface area (Å²) in [5.74, 6) is -0.598. The van der Waals surface area contributed by atoms with Gasteiger partial charge in [0, 0.05) is 0 Å². The van der Waals surface area contributed by atoms with Crippen molar-refractivity contribution in [2.75, 3.05) is 25.5 Å². The Balaban J connectivity index is 2.70. The second kappa shape index (κ2) is 6.24. The highest BCUT2D eigenvalue weighted by Gasteiger charge is 2.15. The number of amides is 1. The van der Waals surface area contributed by atoms with E-state index in [9.17, 15) is 9.59 Å². The summed E-state index contributed by atoms with van der Waals surface area (Å²) in [4.78, 5) is 22.8. The molecule has 0 aromatic carbocycles. The summed E-state index contributed by atoms with van der Waals surface area (Å²) >= 11 is 1.30. The van der Waals surface area contributed by atoms with Crippen LogP contribution in [-0.2, 0) is 9.53 Å². The van der Waals surface area contributed by atoms with Gasteiger partial charge in [-0.15, -0.1) is 11.3 Å². The van der Waals surface area contributed by atoms with Crippen LogP contribution in [0.5, 0.6) is 0 Å². The maximum atomic E-state index is 11.5. The number of anilines is 1. The molecule has 0 saturated heterocycles. The molecular formula is C10H14N2O3S. The summed E-state index contributed by atoms with van der Waals surface area (Å²) in [6, 6.07) is 1.64. The van der Waals surface area contributed by atoms with E-state index in [-0.39, 0.29) is 12.5 Å². The molecule has 5 nitrogen and oxygen atoms in total. The van der Waals surface area contributed by atoms with Gasteiger partial charge in [-0.25, -0.2) is 4.79 Å². The van der Waals surface area contributed by atoms with E-state index in [0.29, 0.717) is 17.2 Å². The smallest absolute Gasteiger partial charge is 0.341 e. The zero-order valence-electron chi connectivity index (χ0n) is 9.20. The Kier molecular flexibility index (Phi) is 4.94. The van der Waals surface area contributed by atoms with Crippen LogP contribution in [0.3, 0.4) is 0 Å². The zero-order chi connectivity index (χ0) is 12.0. The fourth-order valence-electron chi connectivity index (χ4n) is 1.11. The van der Waals surface area contributed by atoms with Crippen LogP contribution in [0.25, 0.3) is 0 Å². The lowest BCUT2D eigenvalue weighted by Gasteiger charge is -2.05. The average Bonchev–Trinajstić information content (AvgIpc) is 2.66. The Bertz CT molecular complexity index is 376. The molecule has 0 aliphatic carbocycles. The maximum Gasteiger partial charge on any atom is 0.341 e. The topological polar surface area (TPSA) is 67.4 Å². The van der Waals surface area contributed by atoms with Crippen molar-refractivity contribution in [3.8, 4) is 0 Å². The highest BCUT2D eigenvalue weighted by Crippen LogP contribution is 2.23. The lowest BCUT2D eigenvalue weighted by Crippen LogP contribution is -2.25. The molecule has 6 heteroatoms. The first-order valence-corrected chi connectivity index (χ1v) is 5.76. The zero-order valence-corrected chi connectivity index (χ0v) is 10.0. The Morgan fingerprint density at radius 3 is 2.88 bits per heavy atom. The molecular weight excluding hydrogens is 228 g/mol. The van der Waals surface area contributed by atoms with E-state index in [1.54, 1.807) is 25.4 Å². The Hall–Kier alpha value is -1.40. The molecule has 1 amide bonds. The summed E-state index contributed by atoms with van der Waals surface area (Å²) in [5.41, 5.74) is 0.399. The van der Waals surface area contributed by atoms with Gasteiger partial charge in [0.25, 0.3) is 0 Å². The van der Waals surface area contributed by atoms with Crippen LogP contribution < -0.4 is 10.6 Å². The summed E-state index contributed by atoms with van der Waals surface area (Å²) in [6.45, 7) is 2.27. The number of carbonyl (C=O) groups excluding carboxylic acids is 2. The highest BCUT2D eigenvalue weighted by atomic mass is 32.1. The van der Waals surface area contributed by atoms with Crippen LogP contribution >= 0.6 is 11.3 Å². The molecule has 0 fully saturated rings. The number of hydrogen-bond donors (Lipinski definition) is 2. The van der Waals surface area contributed by atoms with Crippen LogP contribution in [0.1, 0.15) is 17.3 Å². The third-order valence-electron chi connectivity index (χ3n) is 1.75. The number of carbonyl (C=O) groups is 2. The number of thiophene rings is 1. The first-order chi connectivity index (χ1) is 7.69. The van der Waals surface area contributed by atoms with Gasteiger partial charge in [-0.1, -0.05) is 0 Å². The largest absolute Gasteiger partial charge is 0.462 e. The Morgan fingerprint density at radius 2 is 2.25 bits per heavy atom. The van der Waals surface area contributed by atoms with Gasteiger partial charge in [0.05, 0.1) is 18.7 Å². The van der Waals surface area contributed by atoms with Crippen molar-refractivity contribution in [2.45, 2.75) is 6.92 Å². The highest BCUT2D eigenvalue weighted by molar-refractivity contribution is 7.14. The molecule has 0 bridgehead atoms. The minimum atomic E-state index is -0.413. The molecule has 1 aromatic rings. The lowest BCUT2D eigenvalue weighted by molar-refractivity contribution is -0.115.